The number of ether oxygens (including phenoxy) is 2. The van der Waals surface area contributed by atoms with E-state index < -0.39 is 11.9 Å². The molecule has 182 valence electrons. The lowest BCUT2D eigenvalue weighted by Crippen LogP contribution is -2.23. The third-order valence-corrected chi connectivity index (χ3v) is 5.89. The van der Waals surface area contributed by atoms with Crippen molar-refractivity contribution in [1.29, 1.82) is 0 Å². The number of methoxy groups -OCH3 is 1. The van der Waals surface area contributed by atoms with E-state index in [1.807, 2.05) is 6.92 Å². The minimum atomic E-state index is -0.885. The molecule has 1 heterocycles. The third-order valence-electron chi connectivity index (χ3n) is 5.66. The average molecular weight is 497 g/mol. The van der Waals surface area contributed by atoms with Gasteiger partial charge >= 0.3 is 0 Å². The largest absolute Gasteiger partial charge is 0.497 e. The van der Waals surface area contributed by atoms with Crippen molar-refractivity contribution < 1.29 is 23.8 Å². The van der Waals surface area contributed by atoms with Gasteiger partial charge in [0.05, 0.1) is 20.3 Å². The zero-order valence-electron chi connectivity index (χ0n) is 19.4. The summed E-state index contributed by atoms with van der Waals surface area (Å²) in [6.07, 6.45) is 2.41. The highest BCUT2D eigenvalue weighted by molar-refractivity contribution is 6.30. The van der Waals surface area contributed by atoms with Crippen molar-refractivity contribution in [2.75, 3.05) is 19.0 Å². The Morgan fingerprint density at radius 3 is 2.69 bits per heavy atom. The molecule has 0 aliphatic rings. The van der Waals surface area contributed by atoms with Crippen LogP contribution in [0.1, 0.15) is 40.9 Å². The number of nitrogens with one attached hydrogen (secondary N) is 2. The van der Waals surface area contributed by atoms with Crippen LogP contribution >= 0.6 is 11.6 Å². The van der Waals surface area contributed by atoms with Crippen LogP contribution in [-0.4, -0.2) is 29.6 Å². The maximum Gasteiger partial charge on any atom is 0.191 e. The fourth-order valence-corrected chi connectivity index (χ4v) is 4.17. The van der Waals surface area contributed by atoms with E-state index >= 15 is 0 Å². The number of hydrogen-bond acceptors (Lipinski definition) is 5. The molecule has 0 amide bonds. The van der Waals surface area contributed by atoms with Crippen LogP contribution < -0.4 is 14.8 Å². The van der Waals surface area contributed by atoms with Crippen LogP contribution in [0.15, 0.2) is 60.8 Å². The van der Waals surface area contributed by atoms with E-state index in [1.54, 1.807) is 55.8 Å². The Morgan fingerprint density at radius 1 is 1.14 bits per heavy atom. The molecule has 0 saturated heterocycles. The van der Waals surface area contributed by atoms with Crippen molar-refractivity contribution in [3.63, 3.8) is 0 Å². The Labute approximate surface area is 207 Å². The van der Waals surface area contributed by atoms with Crippen molar-refractivity contribution in [3.05, 3.63) is 88.3 Å². The Morgan fingerprint density at radius 2 is 1.94 bits per heavy atom. The maximum atomic E-state index is 13.9. The number of benzene rings is 3. The van der Waals surface area contributed by atoms with E-state index in [0.29, 0.717) is 56.4 Å². The van der Waals surface area contributed by atoms with E-state index in [1.165, 1.54) is 12.1 Å². The number of aromatic nitrogens is 1. The predicted molar refractivity (Wildman–Crippen MR) is 135 cm³/mol. The molecule has 6 nitrogen and oxygen atoms in total. The molecule has 0 aliphatic heterocycles. The summed E-state index contributed by atoms with van der Waals surface area (Å²) in [5.74, 6) is 0.498. The highest BCUT2D eigenvalue weighted by Gasteiger charge is 2.27. The number of halogens is 2. The Balaban J connectivity index is 1.80. The number of ketones is 1. The second kappa shape index (κ2) is 10.8. The quantitative estimate of drug-likeness (QED) is 0.225. The van der Waals surface area contributed by atoms with Crippen LogP contribution in [0.3, 0.4) is 0 Å². The highest BCUT2D eigenvalue weighted by Crippen LogP contribution is 2.34. The summed E-state index contributed by atoms with van der Waals surface area (Å²) in [6, 6.07) is 13.7. The molecule has 0 bridgehead atoms. The molecule has 4 rings (SSSR count). The number of rotatable bonds is 10. The molecular weight excluding hydrogens is 471 g/mol. The Hall–Kier alpha value is -3.55. The van der Waals surface area contributed by atoms with Crippen molar-refractivity contribution in [3.8, 4) is 11.5 Å². The number of H-pyrrole nitrogens is 1. The molecule has 8 heteroatoms. The lowest BCUT2D eigenvalue weighted by molar-refractivity contribution is 0.0970. The van der Waals surface area contributed by atoms with Gasteiger partial charge in [-0.15, -0.1) is 0 Å². The Bertz CT molecular complexity index is 1350. The molecular formula is C27H26ClFN2O4. The number of hydrogen-bond donors (Lipinski definition) is 3. The first-order chi connectivity index (χ1) is 16.9. The van der Waals surface area contributed by atoms with Gasteiger partial charge in [0, 0.05) is 51.6 Å². The summed E-state index contributed by atoms with van der Waals surface area (Å²) >= 11 is 6.15. The van der Waals surface area contributed by atoms with E-state index in [4.69, 9.17) is 21.1 Å². The van der Waals surface area contributed by atoms with Crippen molar-refractivity contribution in [2.45, 2.75) is 26.0 Å². The predicted octanol–water partition coefficient (Wildman–Crippen LogP) is 6.29. The SMILES string of the molecule is CCCOc1cc(NC(C(=O)c2c[nH]c3cc(F)ccc23)c2ccc(Cl)cc2CO)cc(OC)c1. The number of fused-ring (bicyclic) bond motifs is 1. The van der Waals surface area contributed by atoms with E-state index in [0.717, 1.165) is 6.42 Å². The summed E-state index contributed by atoms with van der Waals surface area (Å²) in [4.78, 5) is 16.9. The Kier molecular flexibility index (Phi) is 7.58. The number of Topliss-reactive ketones (excluding diaryl/α,β-unsaturated/α-hetero) is 1. The molecule has 0 aliphatic carbocycles. The van der Waals surface area contributed by atoms with Crippen LogP contribution in [0.4, 0.5) is 10.1 Å². The molecule has 3 aromatic carbocycles. The first-order valence-corrected chi connectivity index (χ1v) is 11.6. The van der Waals surface area contributed by atoms with Gasteiger partial charge in [0.1, 0.15) is 23.4 Å². The van der Waals surface area contributed by atoms with Crippen LogP contribution in [0.2, 0.25) is 5.02 Å². The summed E-state index contributed by atoms with van der Waals surface area (Å²) in [5.41, 5.74) is 2.58. The molecule has 0 radical (unpaired) electrons. The van der Waals surface area contributed by atoms with Crippen LogP contribution in [-0.2, 0) is 6.61 Å². The van der Waals surface area contributed by atoms with Gasteiger partial charge in [0.2, 0.25) is 0 Å². The molecule has 1 unspecified atom stereocenters. The van der Waals surface area contributed by atoms with Crippen molar-refractivity contribution in [1.82, 2.24) is 4.98 Å². The van der Waals surface area contributed by atoms with E-state index in [9.17, 15) is 14.3 Å². The standard InChI is InChI=1S/C27H26ClFN2O4/c1-3-8-35-21-12-19(11-20(13-21)34-2)31-26(22-6-4-17(28)9-16(22)15-32)27(33)24-14-30-25-10-18(29)5-7-23(24)25/h4-7,9-14,26,30-32H,3,8,15H2,1-2H3. The number of carbonyl (C=O) groups excluding carboxylic acids is 1. The van der Waals surface area contributed by atoms with Crippen LogP contribution in [0.25, 0.3) is 10.9 Å². The summed E-state index contributed by atoms with van der Waals surface area (Å²) < 4.78 is 24.9. The molecule has 0 fully saturated rings. The van der Waals surface area contributed by atoms with Gasteiger partial charge in [-0.3, -0.25) is 4.79 Å². The fraction of sp³-hybridized carbons (Fsp3) is 0.222. The molecule has 0 spiro atoms. The summed E-state index contributed by atoms with van der Waals surface area (Å²) in [7, 11) is 1.56. The van der Waals surface area contributed by atoms with Gasteiger partial charge in [-0.05, 0) is 47.9 Å². The minimum Gasteiger partial charge on any atom is -0.497 e. The minimum absolute atomic E-state index is 0.265. The third kappa shape index (κ3) is 5.42. The lowest BCUT2D eigenvalue weighted by atomic mass is 9.93. The van der Waals surface area contributed by atoms with Crippen molar-refractivity contribution in [2.24, 2.45) is 0 Å². The number of anilines is 1. The number of aromatic amines is 1. The van der Waals surface area contributed by atoms with Gasteiger partial charge in [0.15, 0.2) is 5.78 Å². The van der Waals surface area contributed by atoms with Crippen LogP contribution in [0.5, 0.6) is 11.5 Å². The summed E-state index contributed by atoms with van der Waals surface area (Å²) in [5, 5.41) is 14.3. The maximum absolute atomic E-state index is 13.9. The topological polar surface area (TPSA) is 83.6 Å². The van der Waals surface area contributed by atoms with Gasteiger partial charge in [-0.1, -0.05) is 24.6 Å². The average Bonchev–Trinajstić information content (AvgIpc) is 3.28. The lowest BCUT2D eigenvalue weighted by Gasteiger charge is -2.22. The monoisotopic (exact) mass is 496 g/mol. The van der Waals surface area contributed by atoms with Gasteiger partial charge in [0.25, 0.3) is 0 Å². The van der Waals surface area contributed by atoms with Crippen LogP contribution in [0, 0.1) is 5.82 Å². The first-order valence-electron chi connectivity index (χ1n) is 11.2. The molecule has 0 saturated carbocycles. The van der Waals surface area contributed by atoms with Gasteiger partial charge < -0.3 is 24.9 Å². The fourth-order valence-electron chi connectivity index (χ4n) is 3.98. The van der Waals surface area contributed by atoms with E-state index in [2.05, 4.69) is 10.3 Å². The first kappa shape index (κ1) is 24.6. The van der Waals surface area contributed by atoms with E-state index in [-0.39, 0.29) is 12.4 Å². The number of aliphatic hydroxyl groups excluding tert-OH is 1. The second-order valence-electron chi connectivity index (χ2n) is 8.08. The smallest absolute Gasteiger partial charge is 0.191 e. The molecule has 1 atom stereocenters. The van der Waals surface area contributed by atoms with Crippen molar-refractivity contribution >= 4 is 34.0 Å². The zero-order chi connectivity index (χ0) is 24.9. The summed E-state index contributed by atoms with van der Waals surface area (Å²) in [6.45, 7) is 2.24. The number of aliphatic hydroxyl groups is 1. The molecule has 35 heavy (non-hydrogen) atoms. The van der Waals surface area contributed by atoms with Gasteiger partial charge in [-0.25, -0.2) is 4.39 Å². The molecule has 1 aromatic heterocycles. The zero-order valence-corrected chi connectivity index (χ0v) is 20.2. The number of carbonyl (C=O) groups is 1. The highest BCUT2D eigenvalue weighted by atomic mass is 35.5. The molecule has 3 N–H and O–H groups in total. The van der Waals surface area contributed by atoms with Gasteiger partial charge in [-0.2, -0.15) is 0 Å². The second-order valence-corrected chi connectivity index (χ2v) is 8.52. The normalized spacial score (nSPS) is 11.9. The molecule has 4 aromatic rings.